The van der Waals surface area contributed by atoms with Crippen molar-refractivity contribution in [1.29, 1.82) is 0 Å². The molecule has 2 heteroatoms. The van der Waals surface area contributed by atoms with Gasteiger partial charge >= 0.3 is 0 Å². The standard InChI is InChI=1S/C20H25NO/c1-4-9-16(3)21-20-13-12-19(14-18(20)5-2)22-15-17-10-7-6-8-11-17/h6-8,10-14,21H,3-5,9,15H2,1-2H3. The summed E-state index contributed by atoms with van der Waals surface area (Å²) in [5, 5.41) is 3.41. The molecule has 0 atom stereocenters. The van der Waals surface area contributed by atoms with Crippen molar-refractivity contribution in [2.75, 3.05) is 5.32 Å². The van der Waals surface area contributed by atoms with E-state index in [0.29, 0.717) is 6.61 Å². The largest absolute Gasteiger partial charge is 0.489 e. The summed E-state index contributed by atoms with van der Waals surface area (Å²) in [6, 6.07) is 16.4. The smallest absolute Gasteiger partial charge is 0.120 e. The van der Waals surface area contributed by atoms with Crippen molar-refractivity contribution in [3.63, 3.8) is 0 Å². The van der Waals surface area contributed by atoms with E-state index in [0.717, 1.165) is 36.4 Å². The van der Waals surface area contributed by atoms with Gasteiger partial charge in [-0.15, -0.1) is 0 Å². The van der Waals surface area contributed by atoms with E-state index in [2.05, 4.69) is 50.0 Å². The van der Waals surface area contributed by atoms with Crippen molar-refractivity contribution in [2.24, 2.45) is 0 Å². The quantitative estimate of drug-likeness (QED) is 0.689. The lowest BCUT2D eigenvalue weighted by molar-refractivity contribution is 0.306. The maximum absolute atomic E-state index is 5.89. The van der Waals surface area contributed by atoms with Gasteiger partial charge in [-0.2, -0.15) is 0 Å². The van der Waals surface area contributed by atoms with E-state index in [-0.39, 0.29) is 0 Å². The Morgan fingerprint density at radius 2 is 1.86 bits per heavy atom. The van der Waals surface area contributed by atoms with Crippen LogP contribution in [0.2, 0.25) is 0 Å². The molecule has 0 aliphatic heterocycles. The van der Waals surface area contributed by atoms with Crippen LogP contribution in [0.5, 0.6) is 5.75 Å². The number of allylic oxidation sites excluding steroid dienone is 1. The van der Waals surface area contributed by atoms with Crippen LogP contribution in [-0.2, 0) is 13.0 Å². The summed E-state index contributed by atoms with van der Waals surface area (Å²) in [5.74, 6) is 0.910. The molecular formula is C20H25NO. The minimum atomic E-state index is 0.597. The topological polar surface area (TPSA) is 21.3 Å². The Morgan fingerprint density at radius 1 is 1.09 bits per heavy atom. The Morgan fingerprint density at radius 3 is 2.55 bits per heavy atom. The summed E-state index contributed by atoms with van der Waals surface area (Å²) in [7, 11) is 0. The Kier molecular flexibility index (Phi) is 6.08. The van der Waals surface area contributed by atoms with E-state index in [1.54, 1.807) is 0 Å². The molecule has 0 saturated carbocycles. The Balaban J connectivity index is 2.03. The number of ether oxygens (including phenoxy) is 1. The molecule has 0 radical (unpaired) electrons. The number of nitrogens with one attached hydrogen (secondary N) is 1. The van der Waals surface area contributed by atoms with Crippen molar-refractivity contribution in [1.82, 2.24) is 0 Å². The molecule has 0 aliphatic rings. The van der Waals surface area contributed by atoms with Gasteiger partial charge in [-0.3, -0.25) is 0 Å². The first-order chi connectivity index (χ1) is 10.7. The third kappa shape index (κ3) is 4.66. The average molecular weight is 295 g/mol. The van der Waals surface area contributed by atoms with Gasteiger partial charge in [0.15, 0.2) is 0 Å². The van der Waals surface area contributed by atoms with Crippen LogP contribution in [0.25, 0.3) is 0 Å². The number of anilines is 1. The molecule has 0 spiro atoms. The highest BCUT2D eigenvalue weighted by Gasteiger charge is 2.05. The number of benzene rings is 2. The third-order valence-electron chi connectivity index (χ3n) is 3.57. The summed E-state index contributed by atoms with van der Waals surface area (Å²) in [4.78, 5) is 0. The Bertz CT molecular complexity index is 604. The minimum Gasteiger partial charge on any atom is -0.489 e. The predicted octanol–water partition coefficient (Wildman–Crippen LogP) is 5.55. The van der Waals surface area contributed by atoms with Crippen LogP contribution >= 0.6 is 0 Å². The van der Waals surface area contributed by atoms with Gasteiger partial charge in [0.25, 0.3) is 0 Å². The zero-order valence-corrected chi connectivity index (χ0v) is 13.6. The summed E-state index contributed by atoms with van der Waals surface area (Å²) in [6.45, 7) is 8.99. The Hall–Kier alpha value is -2.22. The van der Waals surface area contributed by atoms with E-state index in [1.807, 2.05) is 24.3 Å². The lowest BCUT2D eigenvalue weighted by Crippen LogP contribution is -2.02. The van der Waals surface area contributed by atoms with Gasteiger partial charge in [0.2, 0.25) is 0 Å². The maximum atomic E-state index is 5.89. The van der Waals surface area contributed by atoms with Crippen LogP contribution in [0.3, 0.4) is 0 Å². The van der Waals surface area contributed by atoms with Crippen LogP contribution in [0.4, 0.5) is 5.69 Å². The molecule has 116 valence electrons. The normalized spacial score (nSPS) is 10.3. The summed E-state index contributed by atoms with van der Waals surface area (Å²) >= 11 is 0. The molecule has 0 bridgehead atoms. The van der Waals surface area contributed by atoms with Crippen LogP contribution in [0, 0.1) is 0 Å². The molecular weight excluding hydrogens is 270 g/mol. The average Bonchev–Trinajstić information content (AvgIpc) is 2.55. The van der Waals surface area contributed by atoms with E-state index in [4.69, 9.17) is 4.74 Å². The zero-order valence-electron chi connectivity index (χ0n) is 13.6. The third-order valence-corrected chi connectivity index (χ3v) is 3.57. The van der Waals surface area contributed by atoms with Gasteiger partial charge in [0.05, 0.1) is 0 Å². The fraction of sp³-hybridized carbons (Fsp3) is 0.300. The number of rotatable bonds is 8. The summed E-state index contributed by atoms with van der Waals surface area (Å²) in [5.41, 5.74) is 4.63. The first kappa shape index (κ1) is 16.2. The molecule has 2 aromatic carbocycles. The van der Waals surface area contributed by atoms with Gasteiger partial charge in [-0.25, -0.2) is 0 Å². The fourth-order valence-electron chi connectivity index (χ4n) is 2.37. The number of hydrogen-bond donors (Lipinski definition) is 1. The Labute approximate surface area is 133 Å². The van der Waals surface area contributed by atoms with Crippen LogP contribution in [-0.4, -0.2) is 0 Å². The molecule has 2 aromatic rings. The number of hydrogen-bond acceptors (Lipinski definition) is 2. The second-order valence-corrected chi connectivity index (χ2v) is 5.43. The monoisotopic (exact) mass is 295 g/mol. The highest BCUT2D eigenvalue weighted by atomic mass is 16.5. The van der Waals surface area contributed by atoms with Crippen molar-refractivity contribution >= 4 is 5.69 Å². The zero-order chi connectivity index (χ0) is 15.8. The molecule has 0 saturated heterocycles. The lowest BCUT2D eigenvalue weighted by atomic mass is 10.1. The molecule has 2 nitrogen and oxygen atoms in total. The number of aryl methyl sites for hydroxylation is 1. The lowest BCUT2D eigenvalue weighted by Gasteiger charge is -2.15. The minimum absolute atomic E-state index is 0.597. The molecule has 22 heavy (non-hydrogen) atoms. The van der Waals surface area contributed by atoms with E-state index < -0.39 is 0 Å². The SMILES string of the molecule is C=C(CCC)Nc1ccc(OCc2ccccc2)cc1CC. The maximum Gasteiger partial charge on any atom is 0.120 e. The highest BCUT2D eigenvalue weighted by Crippen LogP contribution is 2.25. The second kappa shape index (κ2) is 8.28. The summed E-state index contributed by atoms with van der Waals surface area (Å²) < 4.78 is 5.89. The van der Waals surface area contributed by atoms with E-state index in [9.17, 15) is 0 Å². The molecule has 0 amide bonds. The first-order valence-electron chi connectivity index (χ1n) is 7.97. The van der Waals surface area contributed by atoms with Crippen LogP contribution in [0.1, 0.15) is 37.8 Å². The van der Waals surface area contributed by atoms with Crippen LogP contribution < -0.4 is 10.1 Å². The van der Waals surface area contributed by atoms with E-state index >= 15 is 0 Å². The second-order valence-electron chi connectivity index (χ2n) is 5.43. The summed E-state index contributed by atoms with van der Waals surface area (Å²) in [6.07, 6.45) is 3.06. The van der Waals surface area contributed by atoms with E-state index in [1.165, 1.54) is 11.1 Å². The molecule has 0 fully saturated rings. The van der Waals surface area contributed by atoms with Crippen molar-refractivity contribution < 1.29 is 4.74 Å². The molecule has 0 aromatic heterocycles. The van der Waals surface area contributed by atoms with Crippen molar-refractivity contribution in [2.45, 2.75) is 39.7 Å². The van der Waals surface area contributed by atoms with Gasteiger partial charge in [0.1, 0.15) is 12.4 Å². The molecule has 1 N–H and O–H groups in total. The van der Waals surface area contributed by atoms with Crippen molar-refractivity contribution in [3.05, 3.63) is 71.9 Å². The van der Waals surface area contributed by atoms with Gasteiger partial charge < -0.3 is 10.1 Å². The molecule has 0 aliphatic carbocycles. The predicted molar refractivity (Wildman–Crippen MR) is 94.3 cm³/mol. The van der Waals surface area contributed by atoms with Crippen LogP contribution in [0.15, 0.2) is 60.8 Å². The molecule has 2 rings (SSSR count). The highest BCUT2D eigenvalue weighted by molar-refractivity contribution is 5.57. The first-order valence-corrected chi connectivity index (χ1v) is 7.97. The van der Waals surface area contributed by atoms with Gasteiger partial charge in [-0.1, -0.05) is 57.2 Å². The fourth-order valence-corrected chi connectivity index (χ4v) is 2.37. The van der Waals surface area contributed by atoms with Gasteiger partial charge in [-0.05, 0) is 42.2 Å². The molecule has 0 heterocycles. The van der Waals surface area contributed by atoms with Crippen molar-refractivity contribution in [3.8, 4) is 5.75 Å². The van der Waals surface area contributed by atoms with Gasteiger partial charge in [0, 0.05) is 11.4 Å². The molecule has 0 unspecified atom stereocenters.